The van der Waals surface area contributed by atoms with Crippen LogP contribution in [0.1, 0.15) is 52.3 Å². The van der Waals surface area contributed by atoms with E-state index in [1.54, 1.807) is 0 Å². The highest BCUT2D eigenvalue weighted by molar-refractivity contribution is 5.95. The molecule has 170 valence electrons. The van der Waals surface area contributed by atoms with E-state index in [9.17, 15) is 4.79 Å². The third-order valence-electron chi connectivity index (χ3n) is 4.23. The van der Waals surface area contributed by atoms with Crippen molar-refractivity contribution < 1.29 is 9.53 Å². The molecule has 4 N–H and O–H groups in total. The van der Waals surface area contributed by atoms with Crippen LogP contribution in [0.2, 0.25) is 0 Å². The molecule has 0 radical (unpaired) electrons. The summed E-state index contributed by atoms with van der Waals surface area (Å²) in [5.74, 6) is 1.25. The predicted octanol–water partition coefficient (Wildman–Crippen LogP) is 3.41. The number of carbonyl (C=O) groups is 1. The van der Waals surface area contributed by atoms with Crippen molar-refractivity contribution in [1.82, 2.24) is 20.8 Å². The minimum atomic E-state index is -0.289. The molecular formula is C23H36N6O2. The minimum absolute atomic E-state index is 0.0436. The molecule has 31 heavy (non-hydrogen) atoms. The van der Waals surface area contributed by atoms with Crippen LogP contribution < -0.4 is 20.7 Å². The molecule has 0 aliphatic rings. The van der Waals surface area contributed by atoms with Gasteiger partial charge in [-0.2, -0.15) is 5.10 Å². The number of anilines is 1. The number of aromatic amines is 1. The van der Waals surface area contributed by atoms with E-state index in [-0.39, 0.29) is 24.1 Å². The molecule has 0 bridgehead atoms. The fourth-order valence-electron chi connectivity index (χ4n) is 2.89. The molecule has 0 saturated carbocycles. The maximum absolute atomic E-state index is 12.2. The van der Waals surface area contributed by atoms with Crippen molar-refractivity contribution in [3.05, 3.63) is 41.7 Å². The standard InChI is InChI=1S/C23H36N6O2/c1-16(2)31-20-11-9-19(10-12-20)27-22(25-15-21(30)28-23(4,5)6)24-13-7-8-18-14-26-29-17(18)3/h9-12,14,16H,7-8,13,15H2,1-6H3,(H,26,29)(H,28,30)(H2,24,25,27). The van der Waals surface area contributed by atoms with Gasteiger partial charge >= 0.3 is 0 Å². The van der Waals surface area contributed by atoms with Crippen molar-refractivity contribution in [3.63, 3.8) is 0 Å². The molecule has 0 aliphatic carbocycles. The topological polar surface area (TPSA) is 103 Å². The second-order valence-corrected chi connectivity index (χ2v) is 8.83. The Labute approximate surface area is 185 Å². The lowest BCUT2D eigenvalue weighted by Gasteiger charge is -2.20. The highest BCUT2D eigenvalue weighted by atomic mass is 16.5. The number of guanidine groups is 1. The number of aromatic nitrogens is 2. The molecule has 1 aromatic carbocycles. The van der Waals surface area contributed by atoms with Gasteiger partial charge in [-0.15, -0.1) is 0 Å². The molecular weight excluding hydrogens is 392 g/mol. The number of carbonyl (C=O) groups excluding carboxylic acids is 1. The first-order chi connectivity index (χ1) is 14.6. The van der Waals surface area contributed by atoms with Gasteiger partial charge in [0, 0.05) is 23.5 Å². The van der Waals surface area contributed by atoms with E-state index in [1.807, 2.05) is 72.0 Å². The van der Waals surface area contributed by atoms with Crippen molar-refractivity contribution in [2.75, 3.05) is 18.4 Å². The average molecular weight is 429 g/mol. The van der Waals surface area contributed by atoms with Crippen LogP contribution in [-0.4, -0.2) is 46.8 Å². The van der Waals surface area contributed by atoms with Gasteiger partial charge in [-0.05, 0) is 84.2 Å². The lowest BCUT2D eigenvalue weighted by Crippen LogP contribution is -2.42. The van der Waals surface area contributed by atoms with Crippen LogP contribution in [0.4, 0.5) is 5.69 Å². The smallest absolute Gasteiger partial charge is 0.242 e. The Morgan fingerprint density at radius 2 is 1.94 bits per heavy atom. The third kappa shape index (κ3) is 9.55. The predicted molar refractivity (Wildman–Crippen MR) is 126 cm³/mol. The highest BCUT2D eigenvalue weighted by Gasteiger charge is 2.13. The lowest BCUT2D eigenvalue weighted by atomic mass is 10.1. The Morgan fingerprint density at radius 3 is 2.52 bits per heavy atom. The molecule has 1 heterocycles. The molecule has 0 unspecified atom stereocenters. The van der Waals surface area contributed by atoms with Crippen LogP contribution >= 0.6 is 0 Å². The van der Waals surface area contributed by atoms with Gasteiger partial charge < -0.3 is 20.7 Å². The normalized spacial score (nSPS) is 12.0. The van der Waals surface area contributed by atoms with Gasteiger partial charge in [-0.25, -0.2) is 4.99 Å². The van der Waals surface area contributed by atoms with E-state index >= 15 is 0 Å². The van der Waals surface area contributed by atoms with Gasteiger partial charge in [0.05, 0.1) is 12.3 Å². The van der Waals surface area contributed by atoms with Gasteiger partial charge in [-0.1, -0.05) is 0 Å². The Kier molecular flexibility index (Phi) is 8.90. The second kappa shape index (κ2) is 11.4. The molecule has 1 aromatic heterocycles. The molecule has 0 atom stereocenters. The van der Waals surface area contributed by atoms with E-state index in [2.05, 4.69) is 31.1 Å². The molecule has 2 aromatic rings. The fourth-order valence-corrected chi connectivity index (χ4v) is 2.89. The van der Waals surface area contributed by atoms with Crippen molar-refractivity contribution in [2.24, 2.45) is 4.99 Å². The number of hydrogen-bond acceptors (Lipinski definition) is 4. The van der Waals surface area contributed by atoms with Gasteiger partial charge in [0.15, 0.2) is 5.96 Å². The van der Waals surface area contributed by atoms with E-state index in [0.29, 0.717) is 12.5 Å². The first-order valence-corrected chi connectivity index (χ1v) is 10.7. The number of hydrogen-bond donors (Lipinski definition) is 4. The van der Waals surface area contributed by atoms with Gasteiger partial charge in [0.2, 0.25) is 5.91 Å². The molecule has 0 saturated heterocycles. The van der Waals surface area contributed by atoms with Crippen LogP contribution in [0.25, 0.3) is 0 Å². The van der Waals surface area contributed by atoms with Crippen molar-refractivity contribution in [3.8, 4) is 5.75 Å². The van der Waals surface area contributed by atoms with E-state index in [1.165, 1.54) is 5.56 Å². The number of ether oxygens (including phenoxy) is 1. The van der Waals surface area contributed by atoms with Crippen LogP contribution in [0.15, 0.2) is 35.5 Å². The summed E-state index contributed by atoms with van der Waals surface area (Å²) in [6.07, 6.45) is 3.81. The number of nitrogens with one attached hydrogen (secondary N) is 4. The molecule has 0 fully saturated rings. The van der Waals surface area contributed by atoms with E-state index in [4.69, 9.17) is 4.74 Å². The minimum Gasteiger partial charge on any atom is -0.491 e. The summed E-state index contributed by atoms with van der Waals surface area (Å²) in [4.78, 5) is 16.6. The summed E-state index contributed by atoms with van der Waals surface area (Å²) in [6.45, 7) is 12.6. The van der Waals surface area contributed by atoms with E-state index < -0.39 is 0 Å². The summed E-state index contributed by atoms with van der Waals surface area (Å²) in [5.41, 5.74) is 2.87. The summed E-state index contributed by atoms with van der Waals surface area (Å²) in [6, 6.07) is 7.68. The van der Waals surface area contributed by atoms with Crippen LogP contribution in [0, 0.1) is 6.92 Å². The molecule has 1 amide bonds. The molecule has 8 nitrogen and oxygen atoms in total. The van der Waals surface area contributed by atoms with Crippen molar-refractivity contribution in [2.45, 2.75) is 66.0 Å². The molecule has 2 rings (SSSR count). The average Bonchev–Trinajstić information content (AvgIpc) is 3.07. The van der Waals surface area contributed by atoms with Crippen molar-refractivity contribution in [1.29, 1.82) is 0 Å². The summed E-state index contributed by atoms with van der Waals surface area (Å²) in [7, 11) is 0. The number of benzene rings is 1. The maximum Gasteiger partial charge on any atom is 0.242 e. The summed E-state index contributed by atoms with van der Waals surface area (Å²) < 4.78 is 5.69. The monoisotopic (exact) mass is 428 g/mol. The van der Waals surface area contributed by atoms with Gasteiger partial charge in [0.25, 0.3) is 0 Å². The Bertz CT molecular complexity index is 850. The maximum atomic E-state index is 12.2. The molecule has 8 heteroatoms. The van der Waals surface area contributed by atoms with Crippen LogP contribution in [0.3, 0.4) is 0 Å². The quantitative estimate of drug-likeness (QED) is 0.278. The SMILES string of the molecule is Cc1[nH]ncc1CCCNC(=NCC(=O)NC(C)(C)C)Nc1ccc(OC(C)C)cc1. The Hall–Kier alpha value is -3.03. The lowest BCUT2D eigenvalue weighted by molar-refractivity contribution is -0.121. The third-order valence-corrected chi connectivity index (χ3v) is 4.23. The number of nitrogens with zero attached hydrogens (tertiary/aromatic N) is 2. The Morgan fingerprint density at radius 1 is 1.23 bits per heavy atom. The zero-order valence-corrected chi connectivity index (χ0v) is 19.5. The van der Waals surface area contributed by atoms with E-state index in [0.717, 1.165) is 30.0 Å². The first-order valence-electron chi connectivity index (χ1n) is 10.7. The number of amides is 1. The van der Waals surface area contributed by atoms with Gasteiger partial charge in [0.1, 0.15) is 12.3 Å². The fraction of sp³-hybridized carbons (Fsp3) is 0.522. The van der Waals surface area contributed by atoms with Crippen LogP contribution in [-0.2, 0) is 11.2 Å². The molecule has 0 aliphatic heterocycles. The zero-order chi connectivity index (χ0) is 22.9. The second-order valence-electron chi connectivity index (χ2n) is 8.83. The number of H-pyrrole nitrogens is 1. The molecule has 0 spiro atoms. The summed E-state index contributed by atoms with van der Waals surface area (Å²) >= 11 is 0. The number of rotatable bonds is 9. The highest BCUT2D eigenvalue weighted by Crippen LogP contribution is 2.17. The first kappa shape index (κ1) is 24.2. The van der Waals surface area contributed by atoms with Gasteiger partial charge in [-0.3, -0.25) is 9.89 Å². The summed E-state index contributed by atoms with van der Waals surface area (Å²) in [5, 5.41) is 16.5. The zero-order valence-electron chi connectivity index (χ0n) is 19.5. The Balaban J connectivity index is 1.97. The number of aryl methyl sites for hydroxylation is 2. The van der Waals surface area contributed by atoms with Crippen LogP contribution in [0.5, 0.6) is 5.75 Å². The van der Waals surface area contributed by atoms with Crippen molar-refractivity contribution >= 4 is 17.6 Å². The number of aliphatic imine (C=N–C) groups is 1. The largest absolute Gasteiger partial charge is 0.491 e.